The van der Waals surface area contributed by atoms with Crippen LogP contribution in [0.1, 0.15) is 21.6 Å². The molecule has 0 unspecified atom stereocenters. The van der Waals surface area contributed by atoms with Crippen molar-refractivity contribution in [1.82, 2.24) is 15.3 Å². The van der Waals surface area contributed by atoms with Crippen LogP contribution in [0.5, 0.6) is 0 Å². The van der Waals surface area contributed by atoms with Crippen molar-refractivity contribution in [2.45, 2.75) is 13.0 Å². The Morgan fingerprint density at radius 1 is 1.07 bits per heavy atom. The number of fused-ring (bicyclic) bond motifs is 1. The Morgan fingerprint density at radius 2 is 1.76 bits per heavy atom. The number of hydrogen-bond donors (Lipinski definition) is 3. The lowest BCUT2D eigenvalue weighted by Gasteiger charge is -2.13. The molecule has 146 valence electrons. The average molecular weight is 429 g/mol. The molecule has 0 atom stereocenters. The molecule has 4 rings (SSSR count). The van der Waals surface area contributed by atoms with Gasteiger partial charge in [0.2, 0.25) is 0 Å². The van der Waals surface area contributed by atoms with Gasteiger partial charge in [-0.1, -0.05) is 41.4 Å². The third-order valence-electron chi connectivity index (χ3n) is 4.39. The maximum absolute atomic E-state index is 12.3. The highest BCUT2D eigenvalue weighted by Crippen LogP contribution is 2.35. The van der Waals surface area contributed by atoms with Crippen LogP contribution in [0.2, 0.25) is 10.0 Å². The lowest BCUT2D eigenvalue weighted by Crippen LogP contribution is -2.14. The van der Waals surface area contributed by atoms with Crippen molar-refractivity contribution in [3.05, 3.63) is 69.3 Å². The SMILES string of the molecule is O=C(O)Cc1ccc(Nc2nc(-c3c(Cl)cccc3Cl)nc3c2C(=O)NC3)cc1. The maximum Gasteiger partial charge on any atom is 0.307 e. The van der Waals surface area contributed by atoms with Gasteiger partial charge in [0.25, 0.3) is 5.91 Å². The van der Waals surface area contributed by atoms with E-state index in [4.69, 9.17) is 28.3 Å². The number of carbonyl (C=O) groups excluding carboxylic acids is 1. The number of carboxylic acid groups (broad SMARTS) is 1. The zero-order valence-electron chi connectivity index (χ0n) is 14.9. The third-order valence-corrected chi connectivity index (χ3v) is 5.02. The second kappa shape index (κ2) is 7.69. The van der Waals surface area contributed by atoms with E-state index in [0.29, 0.717) is 49.8 Å². The molecule has 0 saturated heterocycles. The molecule has 3 aromatic rings. The normalized spacial score (nSPS) is 12.4. The Balaban J connectivity index is 1.76. The summed E-state index contributed by atoms with van der Waals surface area (Å²) in [4.78, 5) is 32.1. The fourth-order valence-corrected chi connectivity index (χ4v) is 3.62. The average Bonchev–Trinajstić information content (AvgIpc) is 3.04. The van der Waals surface area contributed by atoms with Crippen LogP contribution in [-0.2, 0) is 17.8 Å². The summed E-state index contributed by atoms with van der Waals surface area (Å²) >= 11 is 12.6. The van der Waals surface area contributed by atoms with Gasteiger partial charge in [-0.25, -0.2) is 9.97 Å². The molecule has 1 amide bonds. The number of hydrogen-bond acceptors (Lipinski definition) is 5. The van der Waals surface area contributed by atoms with Gasteiger partial charge >= 0.3 is 5.97 Å². The fourth-order valence-electron chi connectivity index (χ4n) is 3.06. The van der Waals surface area contributed by atoms with Gasteiger partial charge in [0.05, 0.1) is 34.3 Å². The molecule has 9 heteroatoms. The van der Waals surface area contributed by atoms with Crippen molar-refractivity contribution in [3.63, 3.8) is 0 Å². The van der Waals surface area contributed by atoms with Gasteiger partial charge < -0.3 is 15.7 Å². The summed E-state index contributed by atoms with van der Waals surface area (Å²) in [6.07, 6.45) is -0.0687. The first-order chi connectivity index (χ1) is 13.9. The molecule has 2 aromatic carbocycles. The molecule has 0 bridgehead atoms. The minimum absolute atomic E-state index is 0.0687. The number of nitrogens with one attached hydrogen (secondary N) is 2. The van der Waals surface area contributed by atoms with Crippen LogP contribution in [0.25, 0.3) is 11.4 Å². The van der Waals surface area contributed by atoms with E-state index >= 15 is 0 Å². The van der Waals surface area contributed by atoms with Crippen molar-refractivity contribution in [2.24, 2.45) is 0 Å². The summed E-state index contributed by atoms with van der Waals surface area (Å²) in [5.74, 6) is -0.554. The van der Waals surface area contributed by atoms with E-state index < -0.39 is 5.97 Å². The van der Waals surface area contributed by atoms with Crippen LogP contribution in [0.15, 0.2) is 42.5 Å². The summed E-state index contributed by atoms with van der Waals surface area (Å²) in [5.41, 5.74) is 2.69. The molecular formula is C20H14Cl2N4O3. The Bertz CT molecular complexity index is 1110. The predicted octanol–water partition coefficient (Wildman–Crippen LogP) is 4.06. The van der Waals surface area contributed by atoms with Crippen molar-refractivity contribution < 1.29 is 14.7 Å². The van der Waals surface area contributed by atoms with Crippen molar-refractivity contribution >= 4 is 46.6 Å². The Hall–Kier alpha value is -3.16. The molecular weight excluding hydrogens is 415 g/mol. The van der Waals surface area contributed by atoms with Crippen molar-refractivity contribution in [2.75, 3.05) is 5.32 Å². The topological polar surface area (TPSA) is 104 Å². The Kier molecular flexibility index (Phi) is 5.08. The number of nitrogens with zero attached hydrogens (tertiary/aromatic N) is 2. The van der Waals surface area contributed by atoms with Crippen LogP contribution in [0, 0.1) is 0 Å². The predicted molar refractivity (Wildman–Crippen MR) is 110 cm³/mol. The number of benzene rings is 2. The summed E-state index contributed by atoms with van der Waals surface area (Å²) in [7, 11) is 0. The molecule has 2 heterocycles. The zero-order valence-corrected chi connectivity index (χ0v) is 16.4. The molecule has 29 heavy (non-hydrogen) atoms. The van der Waals surface area contributed by atoms with Gasteiger partial charge in [0.15, 0.2) is 5.82 Å². The van der Waals surface area contributed by atoms with E-state index in [9.17, 15) is 9.59 Å². The largest absolute Gasteiger partial charge is 0.481 e. The number of carbonyl (C=O) groups is 2. The fraction of sp³-hybridized carbons (Fsp3) is 0.100. The van der Waals surface area contributed by atoms with Crippen LogP contribution in [-0.4, -0.2) is 27.0 Å². The van der Waals surface area contributed by atoms with Crippen LogP contribution >= 0.6 is 23.2 Å². The molecule has 0 spiro atoms. The van der Waals surface area contributed by atoms with Crippen molar-refractivity contribution in [3.8, 4) is 11.4 Å². The van der Waals surface area contributed by atoms with E-state index in [-0.39, 0.29) is 18.9 Å². The molecule has 0 aliphatic carbocycles. The minimum atomic E-state index is -0.905. The van der Waals surface area contributed by atoms with Gasteiger partial charge in [-0.3, -0.25) is 9.59 Å². The second-order valence-corrected chi connectivity index (χ2v) is 7.20. The quantitative estimate of drug-likeness (QED) is 0.565. The number of anilines is 2. The van der Waals surface area contributed by atoms with Gasteiger partial charge in [0.1, 0.15) is 11.4 Å². The van der Waals surface area contributed by atoms with Crippen LogP contribution < -0.4 is 10.6 Å². The smallest absolute Gasteiger partial charge is 0.307 e. The van der Waals surface area contributed by atoms with Crippen molar-refractivity contribution in [1.29, 1.82) is 0 Å². The van der Waals surface area contributed by atoms with Gasteiger partial charge in [-0.05, 0) is 29.8 Å². The standard InChI is InChI=1S/C20H14Cl2N4O3/c21-12-2-1-3-13(22)16(12)18-25-14-9-23-20(29)17(14)19(26-18)24-11-6-4-10(5-7-11)8-15(27)28/h1-7H,8-9H2,(H,23,29)(H,27,28)(H,24,25,26). The third kappa shape index (κ3) is 3.87. The number of amides is 1. The maximum atomic E-state index is 12.3. The first kappa shape index (κ1) is 19.2. The zero-order chi connectivity index (χ0) is 20.5. The lowest BCUT2D eigenvalue weighted by molar-refractivity contribution is -0.136. The van der Waals surface area contributed by atoms with E-state index in [0.717, 1.165) is 0 Å². The van der Waals surface area contributed by atoms with E-state index in [1.54, 1.807) is 42.5 Å². The summed E-state index contributed by atoms with van der Waals surface area (Å²) in [6, 6.07) is 12.0. The molecule has 7 nitrogen and oxygen atoms in total. The van der Waals surface area contributed by atoms with Crippen LogP contribution in [0.4, 0.5) is 11.5 Å². The molecule has 3 N–H and O–H groups in total. The highest BCUT2D eigenvalue weighted by Gasteiger charge is 2.27. The highest BCUT2D eigenvalue weighted by molar-refractivity contribution is 6.39. The summed E-state index contributed by atoms with van der Waals surface area (Å²) in [5, 5.41) is 15.6. The second-order valence-electron chi connectivity index (χ2n) is 6.39. The number of aromatic nitrogens is 2. The monoisotopic (exact) mass is 428 g/mol. The Morgan fingerprint density at radius 3 is 2.41 bits per heavy atom. The van der Waals surface area contributed by atoms with E-state index in [1.807, 2.05) is 0 Å². The lowest BCUT2D eigenvalue weighted by atomic mass is 10.1. The van der Waals surface area contributed by atoms with Crippen LogP contribution in [0.3, 0.4) is 0 Å². The molecule has 1 aromatic heterocycles. The van der Waals surface area contributed by atoms with Gasteiger partial charge in [0, 0.05) is 5.69 Å². The number of rotatable bonds is 5. The van der Waals surface area contributed by atoms with Gasteiger partial charge in [-0.2, -0.15) is 0 Å². The first-order valence-electron chi connectivity index (χ1n) is 8.63. The summed E-state index contributed by atoms with van der Waals surface area (Å²) < 4.78 is 0. The minimum Gasteiger partial charge on any atom is -0.481 e. The Labute approximate surface area is 175 Å². The number of halogens is 2. The number of carboxylic acids is 1. The molecule has 0 saturated carbocycles. The molecule has 1 aliphatic heterocycles. The van der Waals surface area contributed by atoms with E-state index in [2.05, 4.69) is 20.6 Å². The first-order valence-corrected chi connectivity index (χ1v) is 9.39. The van der Waals surface area contributed by atoms with Gasteiger partial charge in [-0.15, -0.1) is 0 Å². The highest BCUT2D eigenvalue weighted by atomic mass is 35.5. The molecule has 0 fully saturated rings. The van der Waals surface area contributed by atoms with E-state index in [1.165, 1.54) is 0 Å². The molecule has 0 radical (unpaired) electrons. The molecule has 1 aliphatic rings. The number of aliphatic carboxylic acids is 1. The summed E-state index contributed by atoms with van der Waals surface area (Å²) in [6.45, 7) is 0.276.